The van der Waals surface area contributed by atoms with Gasteiger partial charge in [-0.1, -0.05) is 97.1 Å². The molecule has 0 radical (unpaired) electrons. The molecule has 0 aliphatic heterocycles. The Labute approximate surface area is 191 Å². The summed E-state index contributed by atoms with van der Waals surface area (Å²) in [5.74, 6) is 2.74. The molecule has 0 aliphatic rings. The molecule has 0 saturated heterocycles. The molecule has 0 unspecified atom stereocenters. The molecule has 3 aromatic rings. The first-order valence-corrected chi connectivity index (χ1v) is 10.8. The Balaban J connectivity index is 1.75. The van der Waals surface area contributed by atoms with Gasteiger partial charge in [-0.3, -0.25) is 0 Å². The maximum absolute atomic E-state index is 6.36. The number of hydrogen-bond donors (Lipinski definition) is 0. The Hall–Kier alpha value is -3.16. The van der Waals surface area contributed by atoms with E-state index in [0.717, 1.165) is 16.7 Å². The van der Waals surface area contributed by atoms with E-state index >= 15 is 0 Å². The molecule has 0 saturated carbocycles. The van der Waals surface area contributed by atoms with Crippen LogP contribution in [0.2, 0.25) is 0 Å². The second-order valence-corrected chi connectivity index (χ2v) is 7.50. The van der Waals surface area contributed by atoms with Crippen molar-refractivity contribution in [3.63, 3.8) is 0 Å². The number of hydrogen-bond acceptors (Lipinski definition) is 3. The normalized spacial score (nSPS) is 13.6. The monoisotopic (exact) mass is 426 g/mol. The highest BCUT2D eigenvalue weighted by atomic mass is 16.6. The number of rotatable bonds is 13. The average molecular weight is 427 g/mol. The van der Waals surface area contributed by atoms with Crippen molar-refractivity contribution >= 4 is 0 Å². The lowest BCUT2D eigenvalue weighted by Gasteiger charge is -2.31. The lowest BCUT2D eigenvalue weighted by Crippen LogP contribution is -2.41. The summed E-state index contributed by atoms with van der Waals surface area (Å²) in [5.41, 5.74) is 3.24. The highest BCUT2D eigenvalue weighted by Gasteiger charge is 2.30. The summed E-state index contributed by atoms with van der Waals surface area (Å²) in [5, 5.41) is 0. The zero-order chi connectivity index (χ0) is 22.4. The summed E-state index contributed by atoms with van der Waals surface area (Å²) >= 11 is 0. The Morgan fingerprint density at radius 1 is 0.688 bits per heavy atom. The van der Waals surface area contributed by atoms with Crippen molar-refractivity contribution < 1.29 is 14.2 Å². The molecule has 0 heterocycles. The van der Waals surface area contributed by atoms with Crippen molar-refractivity contribution in [1.29, 1.82) is 0 Å². The van der Waals surface area contributed by atoms with Crippen LogP contribution in [0.4, 0.5) is 0 Å². The van der Waals surface area contributed by atoms with Crippen LogP contribution in [0.3, 0.4) is 0 Å². The zero-order valence-electron chi connectivity index (χ0n) is 18.3. The van der Waals surface area contributed by atoms with Crippen LogP contribution in [-0.2, 0) is 34.0 Å². The van der Waals surface area contributed by atoms with E-state index in [1.807, 2.05) is 91.0 Å². The van der Waals surface area contributed by atoms with E-state index in [0.29, 0.717) is 26.2 Å². The van der Waals surface area contributed by atoms with Crippen LogP contribution in [0.25, 0.3) is 0 Å². The third kappa shape index (κ3) is 7.51. The molecule has 3 heteroatoms. The van der Waals surface area contributed by atoms with E-state index in [1.54, 1.807) is 6.08 Å². The molecule has 164 valence electrons. The fraction of sp³-hybridized carbons (Fsp3) is 0.241. The number of benzene rings is 3. The minimum atomic E-state index is -0.406. The molecule has 0 aromatic heterocycles. The quantitative estimate of drug-likeness (QED) is 0.250. The summed E-state index contributed by atoms with van der Waals surface area (Å²) in [4.78, 5) is 0. The molecule has 0 bridgehead atoms. The first-order valence-electron chi connectivity index (χ1n) is 10.8. The number of ether oxygens (including phenoxy) is 3. The molecule has 3 nitrogen and oxygen atoms in total. The van der Waals surface area contributed by atoms with Gasteiger partial charge < -0.3 is 14.2 Å². The summed E-state index contributed by atoms with van der Waals surface area (Å²) in [7, 11) is 0. The van der Waals surface area contributed by atoms with Crippen molar-refractivity contribution in [2.75, 3.05) is 0 Å². The van der Waals surface area contributed by atoms with Gasteiger partial charge in [-0.2, -0.15) is 0 Å². The molecular formula is C29H30O3. The van der Waals surface area contributed by atoms with Crippen LogP contribution in [0, 0.1) is 12.3 Å². The third-order valence-corrected chi connectivity index (χ3v) is 5.12. The summed E-state index contributed by atoms with van der Waals surface area (Å²) in [6.45, 7) is 5.32. The Bertz CT molecular complexity index is 948. The molecule has 0 fully saturated rings. The lowest BCUT2D eigenvalue weighted by atomic mass is 10.0. The first kappa shape index (κ1) is 23.5. The van der Waals surface area contributed by atoms with Crippen molar-refractivity contribution in [1.82, 2.24) is 0 Å². The van der Waals surface area contributed by atoms with Crippen LogP contribution in [0.15, 0.2) is 104 Å². The summed E-state index contributed by atoms with van der Waals surface area (Å²) in [6.07, 6.45) is 6.75. The van der Waals surface area contributed by atoms with Gasteiger partial charge in [0.1, 0.15) is 12.2 Å². The van der Waals surface area contributed by atoms with Crippen molar-refractivity contribution in [2.45, 2.75) is 44.6 Å². The van der Waals surface area contributed by atoms with Crippen LogP contribution < -0.4 is 0 Å². The minimum Gasteiger partial charge on any atom is -0.370 e. The largest absolute Gasteiger partial charge is 0.370 e. The van der Waals surface area contributed by atoms with Gasteiger partial charge in [0.2, 0.25) is 0 Å². The maximum Gasteiger partial charge on any atom is 0.115 e. The molecule has 0 aliphatic carbocycles. The van der Waals surface area contributed by atoms with Gasteiger partial charge in [0, 0.05) is 6.42 Å². The van der Waals surface area contributed by atoms with Crippen LogP contribution in [0.5, 0.6) is 0 Å². The molecule has 0 amide bonds. The van der Waals surface area contributed by atoms with E-state index in [2.05, 4.69) is 12.5 Å². The molecule has 32 heavy (non-hydrogen) atoms. The topological polar surface area (TPSA) is 27.7 Å². The molecular weight excluding hydrogens is 396 g/mol. The first-order chi connectivity index (χ1) is 15.8. The second-order valence-electron chi connectivity index (χ2n) is 7.50. The van der Waals surface area contributed by atoms with Gasteiger partial charge in [0.05, 0.1) is 25.9 Å². The predicted molar refractivity (Wildman–Crippen MR) is 129 cm³/mol. The fourth-order valence-corrected chi connectivity index (χ4v) is 3.41. The highest BCUT2D eigenvalue weighted by Crippen LogP contribution is 2.21. The predicted octanol–water partition coefficient (Wildman–Crippen LogP) is 5.95. The van der Waals surface area contributed by atoms with Gasteiger partial charge in [-0.25, -0.2) is 0 Å². The van der Waals surface area contributed by atoms with Gasteiger partial charge >= 0.3 is 0 Å². The van der Waals surface area contributed by atoms with Crippen molar-refractivity contribution in [2.24, 2.45) is 0 Å². The molecule has 3 rings (SSSR count). The SMILES string of the molecule is C#CC[C@@H](OCc1ccccc1)[C@H](OCc1ccccc1)[C@@H](C=C)OCc1ccccc1. The van der Waals surface area contributed by atoms with Gasteiger partial charge in [0.15, 0.2) is 0 Å². The zero-order valence-corrected chi connectivity index (χ0v) is 18.3. The van der Waals surface area contributed by atoms with Crippen LogP contribution in [-0.4, -0.2) is 18.3 Å². The molecule has 0 N–H and O–H groups in total. The Kier molecular flexibility index (Phi) is 9.76. The summed E-state index contributed by atoms with van der Waals surface area (Å²) < 4.78 is 18.8. The summed E-state index contributed by atoms with van der Waals surface area (Å²) in [6, 6.07) is 30.1. The van der Waals surface area contributed by atoms with E-state index < -0.39 is 6.10 Å². The van der Waals surface area contributed by atoms with Gasteiger partial charge in [-0.05, 0) is 16.7 Å². The fourth-order valence-electron chi connectivity index (χ4n) is 3.41. The Morgan fingerprint density at radius 2 is 1.12 bits per heavy atom. The molecule has 3 aromatic carbocycles. The average Bonchev–Trinajstić information content (AvgIpc) is 2.86. The molecule has 0 spiro atoms. The van der Waals surface area contributed by atoms with Crippen LogP contribution >= 0.6 is 0 Å². The van der Waals surface area contributed by atoms with E-state index in [9.17, 15) is 0 Å². The number of terminal acetylenes is 1. The van der Waals surface area contributed by atoms with Crippen molar-refractivity contribution in [3.05, 3.63) is 120 Å². The third-order valence-electron chi connectivity index (χ3n) is 5.12. The minimum absolute atomic E-state index is 0.345. The van der Waals surface area contributed by atoms with Crippen LogP contribution in [0.1, 0.15) is 23.1 Å². The molecule has 3 atom stereocenters. The second kappa shape index (κ2) is 13.3. The Morgan fingerprint density at radius 3 is 1.56 bits per heavy atom. The smallest absolute Gasteiger partial charge is 0.115 e. The van der Waals surface area contributed by atoms with Crippen molar-refractivity contribution in [3.8, 4) is 12.3 Å². The highest BCUT2D eigenvalue weighted by molar-refractivity contribution is 5.15. The van der Waals surface area contributed by atoms with E-state index in [-0.39, 0.29) is 12.2 Å². The lowest BCUT2D eigenvalue weighted by molar-refractivity contribution is -0.136. The van der Waals surface area contributed by atoms with E-state index in [1.165, 1.54) is 0 Å². The van der Waals surface area contributed by atoms with Gasteiger partial charge in [0.25, 0.3) is 0 Å². The maximum atomic E-state index is 6.36. The van der Waals surface area contributed by atoms with Gasteiger partial charge in [-0.15, -0.1) is 18.9 Å². The van der Waals surface area contributed by atoms with E-state index in [4.69, 9.17) is 20.6 Å². The standard InChI is InChI=1S/C29H30O3/c1-3-14-28(31-22-25-17-10-6-11-18-25)29(32-23-26-19-12-7-13-20-26)27(4-2)30-21-24-15-8-5-9-16-24/h1,4-13,15-20,27-29H,2,14,21-23H2/t27-,28-,29-/m1/s1.